The number of piperazine rings is 1. The Morgan fingerprint density at radius 2 is 2.11 bits per heavy atom. The van der Waals surface area contributed by atoms with Crippen LogP contribution in [0, 0.1) is 0 Å². The van der Waals surface area contributed by atoms with E-state index in [9.17, 15) is 0 Å². The van der Waals surface area contributed by atoms with Gasteiger partial charge in [0, 0.05) is 45.5 Å². The predicted molar refractivity (Wildman–Crippen MR) is 77.3 cm³/mol. The second kappa shape index (κ2) is 5.95. The van der Waals surface area contributed by atoms with Gasteiger partial charge in [0.15, 0.2) is 0 Å². The largest absolute Gasteiger partial charge is 0.382 e. The molecule has 0 bridgehead atoms. The highest BCUT2D eigenvalue weighted by atomic mass is 15.2. The van der Waals surface area contributed by atoms with E-state index in [1.807, 2.05) is 18.3 Å². The molecule has 2 aromatic heterocycles. The molecule has 0 saturated carbocycles. The second-order valence-electron chi connectivity index (χ2n) is 4.78. The van der Waals surface area contributed by atoms with Crippen molar-refractivity contribution in [2.24, 2.45) is 0 Å². The van der Waals surface area contributed by atoms with Crippen LogP contribution in [0.2, 0.25) is 0 Å². The summed E-state index contributed by atoms with van der Waals surface area (Å²) in [6, 6.07) is 5.94. The molecule has 2 aromatic rings. The third-order valence-electron chi connectivity index (χ3n) is 3.42. The Labute approximate surface area is 113 Å². The Kier molecular flexibility index (Phi) is 3.86. The van der Waals surface area contributed by atoms with Crippen molar-refractivity contribution in [3.8, 4) is 0 Å². The lowest BCUT2D eigenvalue weighted by atomic mass is 10.3. The molecule has 5 heteroatoms. The summed E-state index contributed by atoms with van der Waals surface area (Å²) in [7, 11) is 0. The Hall–Kier alpha value is -1.72. The SMILES string of the molecule is c1cnc2cc(NCCN3CCNCC3)cnc2c1. The van der Waals surface area contributed by atoms with Crippen molar-refractivity contribution in [2.75, 3.05) is 44.6 Å². The molecule has 100 valence electrons. The van der Waals surface area contributed by atoms with Gasteiger partial charge in [-0.25, -0.2) is 0 Å². The zero-order valence-electron chi connectivity index (χ0n) is 11.0. The van der Waals surface area contributed by atoms with E-state index in [0.29, 0.717) is 0 Å². The fraction of sp³-hybridized carbons (Fsp3) is 0.429. The summed E-state index contributed by atoms with van der Waals surface area (Å²) >= 11 is 0. The minimum Gasteiger partial charge on any atom is -0.382 e. The first kappa shape index (κ1) is 12.3. The summed E-state index contributed by atoms with van der Waals surface area (Å²) in [4.78, 5) is 11.2. The van der Waals surface area contributed by atoms with Gasteiger partial charge in [0.25, 0.3) is 0 Å². The molecule has 3 rings (SSSR count). The van der Waals surface area contributed by atoms with Gasteiger partial charge in [0.05, 0.1) is 22.9 Å². The molecule has 0 unspecified atom stereocenters. The molecule has 19 heavy (non-hydrogen) atoms. The fourth-order valence-corrected chi connectivity index (χ4v) is 2.34. The number of anilines is 1. The van der Waals surface area contributed by atoms with Gasteiger partial charge in [-0.3, -0.25) is 14.9 Å². The third kappa shape index (κ3) is 3.19. The number of nitrogens with zero attached hydrogens (tertiary/aromatic N) is 3. The molecular weight excluding hydrogens is 238 g/mol. The molecule has 2 N–H and O–H groups in total. The van der Waals surface area contributed by atoms with Crippen LogP contribution in [0.3, 0.4) is 0 Å². The van der Waals surface area contributed by atoms with E-state index in [2.05, 4.69) is 31.6 Å². The van der Waals surface area contributed by atoms with E-state index in [4.69, 9.17) is 0 Å². The number of hydrogen-bond acceptors (Lipinski definition) is 5. The molecule has 0 amide bonds. The highest BCUT2D eigenvalue weighted by Crippen LogP contribution is 2.13. The molecule has 0 spiro atoms. The van der Waals surface area contributed by atoms with Gasteiger partial charge in [-0.2, -0.15) is 0 Å². The van der Waals surface area contributed by atoms with Gasteiger partial charge in [0.1, 0.15) is 0 Å². The van der Waals surface area contributed by atoms with E-state index < -0.39 is 0 Å². The van der Waals surface area contributed by atoms with Crippen molar-refractivity contribution < 1.29 is 0 Å². The summed E-state index contributed by atoms with van der Waals surface area (Å²) in [5, 5.41) is 6.78. The molecule has 0 atom stereocenters. The number of fused-ring (bicyclic) bond motifs is 1. The zero-order valence-corrected chi connectivity index (χ0v) is 11.0. The summed E-state index contributed by atoms with van der Waals surface area (Å²) in [6.45, 7) is 6.49. The van der Waals surface area contributed by atoms with Gasteiger partial charge in [-0.1, -0.05) is 0 Å². The highest BCUT2D eigenvalue weighted by molar-refractivity contribution is 5.77. The van der Waals surface area contributed by atoms with Gasteiger partial charge in [-0.05, 0) is 18.2 Å². The summed E-state index contributed by atoms with van der Waals surface area (Å²) in [5.41, 5.74) is 2.92. The zero-order chi connectivity index (χ0) is 12.9. The van der Waals surface area contributed by atoms with Crippen molar-refractivity contribution in [1.29, 1.82) is 0 Å². The van der Waals surface area contributed by atoms with Gasteiger partial charge >= 0.3 is 0 Å². The molecule has 0 radical (unpaired) electrons. The molecule has 0 aromatic carbocycles. The van der Waals surface area contributed by atoms with E-state index in [0.717, 1.165) is 56.0 Å². The lowest BCUT2D eigenvalue weighted by Gasteiger charge is -2.27. The van der Waals surface area contributed by atoms with Crippen LogP contribution < -0.4 is 10.6 Å². The highest BCUT2D eigenvalue weighted by Gasteiger charge is 2.08. The van der Waals surface area contributed by atoms with Crippen molar-refractivity contribution in [2.45, 2.75) is 0 Å². The van der Waals surface area contributed by atoms with Crippen molar-refractivity contribution in [3.05, 3.63) is 30.6 Å². The standard InChI is InChI=1S/C14H19N5/c1-2-13-14(17-3-1)10-12(11-18-13)16-6-9-19-7-4-15-5-8-19/h1-3,10-11,15-16H,4-9H2. The van der Waals surface area contributed by atoms with E-state index >= 15 is 0 Å². The molecule has 1 aliphatic rings. The minimum atomic E-state index is 0.940. The summed E-state index contributed by atoms with van der Waals surface area (Å²) in [6.07, 6.45) is 3.68. The maximum atomic E-state index is 4.40. The van der Waals surface area contributed by atoms with Crippen LogP contribution in [0.1, 0.15) is 0 Å². The first-order valence-corrected chi connectivity index (χ1v) is 6.79. The molecule has 5 nitrogen and oxygen atoms in total. The summed E-state index contributed by atoms with van der Waals surface area (Å²) in [5.74, 6) is 0. The number of rotatable bonds is 4. The minimum absolute atomic E-state index is 0.940. The third-order valence-corrected chi connectivity index (χ3v) is 3.42. The van der Waals surface area contributed by atoms with Crippen molar-refractivity contribution in [3.63, 3.8) is 0 Å². The maximum Gasteiger partial charge on any atom is 0.0907 e. The first-order valence-electron chi connectivity index (χ1n) is 6.79. The monoisotopic (exact) mass is 257 g/mol. The van der Waals surface area contributed by atoms with Gasteiger partial charge in [0.2, 0.25) is 0 Å². The normalized spacial score (nSPS) is 16.6. The number of pyridine rings is 2. The van der Waals surface area contributed by atoms with E-state index in [1.165, 1.54) is 0 Å². The van der Waals surface area contributed by atoms with E-state index in [1.54, 1.807) is 6.20 Å². The Morgan fingerprint density at radius 1 is 1.21 bits per heavy atom. The number of hydrogen-bond donors (Lipinski definition) is 2. The number of nitrogens with one attached hydrogen (secondary N) is 2. The molecule has 1 saturated heterocycles. The van der Waals surface area contributed by atoms with Crippen LogP contribution in [0.25, 0.3) is 11.0 Å². The molecule has 3 heterocycles. The van der Waals surface area contributed by atoms with Crippen LogP contribution >= 0.6 is 0 Å². The van der Waals surface area contributed by atoms with Crippen LogP contribution in [-0.4, -0.2) is 54.1 Å². The first-order chi connectivity index (χ1) is 9.42. The predicted octanol–water partition coefficient (Wildman–Crippen LogP) is 0.947. The average Bonchev–Trinajstić information content (AvgIpc) is 2.48. The van der Waals surface area contributed by atoms with Gasteiger partial charge < -0.3 is 10.6 Å². The Bertz CT molecular complexity index is 536. The van der Waals surface area contributed by atoms with Crippen LogP contribution in [0.4, 0.5) is 5.69 Å². The smallest absolute Gasteiger partial charge is 0.0907 e. The number of aromatic nitrogens is 2. The molecular formula is C14H19N5. The van der Waals surface area contributed by atoms with Crippen LogP contribution in [0.15, 0.2) is 30.6 Å². The van der Waals surface area contributed by atoms with Crippen molar-refractivity contribution >= 4 is 16.7 Å². The quantitative estimate of drug-likeness (QED) is 0.854. The topological polar surface area (TPSA) is 53.1 Å². The van der Waals surface area contributed by atoms with Gasteiger partial charge in [-0.15, -0.1) is 0 Å². The average molecular weight is 257 g/mol. The lowest BCUT2D eigenvalue weighted by molar-refractivity contribution is 0.249. The van der Waals surface area contributed by atoms with E-state index in [-0.39, 0.29) is 0 Å². The molecule has 0 aliphatic carbocycles. The van der Waals surface area contributed by atoms with Crippen LogP contribution in [-0.2, 0) is 0 Å². The lowest BCUT2D eigenvalue weighted by Crippen LogP contribution is -2.45. The second-order valence-corrected chi connectivity index (χ2v) is 4.78. The Balaban J connectivity index is 1.56. The van der Waals surface area contributed by atoms with Crippen LogP contribution in [0.5, 0.6) is 0 Å². The maximum absolute atomic E-state index is 4.40. The van der Waals surface area contributed by atoms with Crippen molar-refractivity contribution in [1.82, 2.24) is 20.2 Å². The fourth-order valence-electron chi connectivity index (χ4n) is 2.34. The molecule has 1 fully saturated rings. The molecule has 1 aliphatic heterocycles. The summed E-state index contributed by atoms with van der Waals surface area (Å²) < 4.78 is 0. The Morgan fingerprint density at radius 3 is 3.00 bits per heavy atom.